The summed E-state index contributed by atoms with van der Waals surface area (Å²) < 4.78 is 51.4. The molecule has 0 saturated heterocycles. The molecule has 1 aromatic carbocycles. The predicted octanol–water partition coefficient (Wildman–Crippen LogP) is 6.09. The summed E-state index contributed by atoms with van der Waals surface area (Å²) in [5, 5.41) is 0. The van der Waals surface area contributed by atoms with E-state index in [2.05, 4.69) is 64.7 Å². The van der Waals surface area contributed by atoms with Crippen LogP contribution in [0.2, 0.25) is 0 Å². The van der Waals surface area contributed by atoms with Gasteiger partial charge in [-0.15, -0.1) is 0 Å². The number of benzene rings is 1. The summed E-state index contributed by atoms with van der Waals surface area (Å²) in [5.41, 5.74) is 0.0244. The molecule has 150 valence electrons. The highest BCUT2D eigenvalue weighted by Gasteiger charge is 2.34. The van der Waals surface area contributed by atoms with Gasteiger partial charge >= 0.3 is 0 Å². The molecule has 0 amide bonds. The van der Waals surface area contributed by atoms with Gasteiger partial charge in [-0.3, -0.25) is 0 Å². The largest absolute Gasteiger partial charge is 0.326 e. The van der Waals surface area contributed by atoms with Gasteiger partial charge in [-0.2, -0.15) is 0 Å². The van der Waals surface area contributed by atoms with Crippen molar-refractivity contribution in [2.75, 3.05) is 0 Å². The minimum atomic E-state index is -1.21. The highest BCUT2D eigenvalue weighted by Crippen LogP contribution is 2.51. The molecule has 0 bridgehead atoms. The third kappa shape index (κ3) is 5.91. The fourth-order valence-corrected chi connectivity index (χ4v) is 5.38. The minimum Gasteiger partial charge on any atom is -0.326 e. The van der Waals surface area contributed by atoms with E-state index < -0.39 is 25.9 Å². The van der Waals surface area contributed by atoms with E-state index >= 15 is 0 Å². The second-order valence-electron chi connectivity index (χ2n) is 7.52. The maximum atomic E-state index is 14.0. The van der Waals surface area contributed by atoms with Crippen LogP contribution in [-0.2, 0) is 11.1 Å². The standard InChI is InChI=1S/C19H32F3N2OP/c1-12(2)23(13(3)4)26(24(14(5)6)15(7)8)25-11-16-9-18(21)19(22)10-17(16)20/h9-10,12-15H,11H2,1-8H3. The van der Waals surface area contributed by atoms with E-state index in [-0.39, 0.29) is 36.3 Å². The topological polar surface area (TPSA) is 15.7 Å². The summed E-state index contributed by atoms with van der Waals surface area (Å²) in [4.78, 5) is 0. The predicted molar refractivity (Wildman–Crippen MR) is 102 cm³/mol. The van der Waals surface area contributed by atoms with Gasteiger partial charge in [-0.1, -0.05) is 0 Å². The van der Waals surface area contributed by atoms with Crippen molar-refractivity contribution in [1.29, 1.82) is 0 Å². The monoisotopic (exact) mass is 392 g/mol. The first-order valence-corrected chi connectivity index (χ1v) is 10.3. The van der Waals surface area contributed by atoms with Crippen molar-refractivity contribution in [3.8, 4) is 0 Å². The SMILES string of the molecule is CC(C)N(C(C)C)P(OCc1cc(F)c(F)cc1F)N(C(C)C)C(C)C. The zero-order valence-electron chi connectivity index (χ0n) is 17.1. The lowest BCUT2D eigenvalue weighted by atomic mass is 10.2. The molecule has 1 rings (SSSR count). The molecule has 0 N–H and O–H groups in total. The molecule has 7 heteroatoms. The van der Waals surface area contributed by atoms with E-state index in [4.69, 9.17) is 4.52 Å². The molecule has 0 radical (unpaired) electrons. The van der Waals surface area contributed by atoms with Crippen LogP contribution in [0, 0.1) is 17.5 Å². The van der Waals surface area contributed by atoms with Gasteiger partial charge in [0, 0.05) is 35.8 Å². The molecule has 0 aliphatic rings. The molecule has 1 aromatic rings. The van der Waals surface area contributed by atoms with Crippen LogP contribution >= 0.6 is 8.45 Å². The van der Waals surface area contributed by atoms with Crippen molar-refractivity contribution in [1.82, 2.24) is 9.34 Å². The van der Waals surface area contributed by atoms with E-state index in [0.29, 0.717) is 6.07 Å². The third-order valence-electron chi connectivity index (χ3n) is 3.94. The van der Waals surface area contributed by atoms with E-state index in [1.165, 1.54) is 0 Å². The molecule has 0 unspecified atom stereocenters. The maximum absolute atomic E-state index is 14.0. The zero-order valence-corrected chi connectivity index (χ0v) is 17.9. The van der Waals surface area contributed by atoms with Crippen LogP contribution in [0.5, 0.6) is 0 Å². The van der Waals surface area contributed by atoms with Crippen molar-refractivity contribution in [3.05, 3.63) is 35.1 Å². The van der Waals surface area contributed by atoms with Crippen LogP contribution < -0.4 is 0 Å². The normalized spacial score (nSPS) is 12.8. The maximum Gasteiger partial charge on any atom is 0.189 e. The smallest absolute Gasteiger partial charge is 0.189 e. The molecule has 0 heterocycles. The van der Waals surface area contributed by atoms with Crippen molar-refractivity contribution < 1.29 is 17.7 Å². The number of halogens is 3. The molecule has 26 heavy (non-hydrogen) atoms. The third-order valence-corrected chi connectivity index (χ3v) is 6.93. The molecular formula is C19H32F3N2OP. The van der Waals surface area contributed by atoms with E-state index in [0.717, 1.165) is 6.07 Å². The quantitative estimate of drug-likeness (QED) is 0.374. The molecule has 0 saturated carbocycles. The van der Waals surface area contributed by atoms with Crippen LogP contribution in [0.3, 0.4) is 0 Å². The summed E-state index contributed by atoms with van der Waals surface area (Å²) in [7, 11) is -1.21. The van der Waals surface area contributed by atoms with Gasteiger partial charge in [0.25, 0.3) is 0 Å². The van der Waals surface area contributed by atoms with Gasteiger partial charge in [-0.25, -0.2) is 22.5 Å². The van der Waals surface area contributed by atoms with Gasteiger partial charge in [0.05, 0.1) is 6.61 Å². The summed E-state index contributed by atoms with van der Waals surface area (Å²) >= 11 is 0. The molecule has 3 nitrogen and oxygen atoms in total. The summed E-state index contributed by atoms with van der Waals surface area (Å²) in [6.07, 6.45) is 0. The molecule has 0 fully saturated rings. The lowest BCUT2D eigenvalue weighted by Crippen LogP contribution is -2.43. The van der Waals surface area contributed by atoms with E-state index in [1.54, 1.807) is 0 Å². The second-order valence-corrected chi connectivity index (χ2v) is 9.21. The number of hydrogen-bond acceptors (Lipinski definition) is 3. The first-order valence-electron chi connectivity index (χ1n) is 9.10. The molecule has 0 aliphatic carbocycles. The summed E-state index contributed by atoms with van der Waals surface area (Å²) in [6, 6.07) is 2.32. The molecule has 0 aromatic heterocycles. The summed E-state index contributed by atoms with van der Waals surface area (Å²) in [6.45, 7) is 16.6. The molecule has 0 spiro atoms. The highest BCUT2D eigenvalue weighted by atomic mass is 31.2. The van der Waals surface area contributed by atoms with E-state index in [1.807, 2.05) is 0 Å². The Labute approximate surface area is 157 Å². The van der Waals surface area contributed by atoms with Crippen molar-refractivity contribution >= 4 is 8.45 Å². The molecule has 0 aliphatic heterocycles. The Morgan fingerprint density at radius 1 is 0.731 bits per heavy atom. The average molecular weight is 392 g/mol. The number of hydrogen-bond donors (Lipinski definition) is 0. The Balaban J connectivity index is 3.18. The average Bonchev–Trinajstić information content (AvgIpc) is 2.47. The minimum absolute atomic E-state index is 0.0244. The lowest BCUT2D eigenvalue weighted by Gasteiger charge is -2.45. The van der Waals surface area contributed by atoms with Gasteiger partial charge < -0.3 is 4.52 Å². The Morgan fingerprint density at radius 2 is 1.12 bits per heavy atom. The van der Waals surface area contributed by atoms with Gasteiger partial charge in [0.1, 0.15) is 5.82 Å². The van der Waals surface area contributed by atoms with Gasteiger partial charge in [0.2, 0.25) is 0 Å². The second kappa shape index (κ2) is 10.0. The van der Waals surface area contributed by atoms with Crippen molar-refractivity contribution in [3.63, 3.8) is 0 Å². The first kappa shape index (κ1) is 23.4. The molecule has 0 atom stereocenters. The van der Waals surface area contributed by atoms with Crippen LogP contribution in [0.4, 0.5) is 13.2 Å². The fourth-order valence-electron chi connectivity index (χ4n) is 3.04. The van der Waals surface area contributed by atoms with Crippen LogP contribution in [-0.4, -0.2) is 33.5 Å². The Bertz CT molecular complexity index is 546. The van der Waals surface area contributed by atoms with Crippen molar-refractivity contribution in [2.24, 2.45) is 0 Å². The van der Waals surface area contributed by atoms with Crippen LogP contribution in [0.25, 0.3) is 0 Å². The first-order chi connectivity index (χ1) is 12.0. The van der Waals surface area contributed by atoms with Crippen LogP contribution in [0.15, 0.2) is 12.1 Å². The van der Waals surface area contributed by atoms with Gasteiger partial charge in [-0.05, 0) is 61.5 Å². The Morgan fingerprint density at radius 3 is 1.50 bits per heavy atom. The Kier molecular flexibility index (Phi) is 9.01. The number of nitrogens with zero attached hydrogens (tertiary/aromatic N) is 2. The Hall–Kier alpha value is -0.680. The van der Waals surface area contributed by atoms with Crippen LogP contribution in [0.1, 0.15) is 61.0 Å². The highest BCUT2D eigenvalue weighted by molar-refractivity contribution is 7.47. The number of rotatable bonds is 9. The molecular weight excluding hydrogens is 360 g/mol. The van der Waals surface area contributed by atoms with Gasteiger partial charge in [0.15, 0.2) is 20.1 Å². The fraction of sp³-hybridized carbons (Fsp3) is 0.684. The van der Waals surface area contributed by atoms with Crippen molar-refractivity contribution in [2.45, 2.75) is 86.2 Å². The van der Waals surface area contributed by atoms with E-state index in [9.17, 15) is 13.2 Å². The zero-order chi connectivity index (χ0) is 20.2. The lowest BCUT2D eigenvalue weighted by molar-refractivity contribution is 0.180. The summed E-state index contributed by atoms with van der Waals surface area (Å²) in [5.74, 6) is -3.05.